The average molecular weight is 228 g/mol. The lowest BCUT2D eigenvalue weighted by molar-refractivity contribution is -0.154. The second-order valence-corrected chi connectivity index (χ2v) is 4.35. The molecular weight excluding hydrogens is 208 g/mol. The van der Waals surface area contributed by atoms with Crippen LogP contribution in [0.2, 0.25) is 0 Å². The van der Waals surface area contributed by atoms with Gasteiger partial charge in [0, 0.05) is 19.7 Å². The molecule has 2 N–H and O–H groups in total. The lowest BCUT2D eigenvalue weighted by Crippen LogP contribution is -2.55. The van der Waals surface area contributed by atoms with Gasteiger partial charge in [0.05, 0.1) is 19.3 Å². The first-order valence-corrected chi connectivity index (χ1v) is 6.03. The van der Waals surface area contributed by atoms with Crippen LogP contribution in [0.1, 0.15) is 19.3 Å². The molecule has 2 unspecified atom stereocenters. The summed E-state index contributed by atoms with van der Waals surface area (Å²) in [7, 11) is 0. The van der Waals surface area contributed by atoms with Crippen LogP contribution in [0.25, 0.3) is 0 Å². The molecule has 1 amide bonds. The summed E-state index contributed by atoms with van der Waals surface area (Å²) in [4.78, 5) is 14.0. The van der Waals surface area contributed by atoms with Gasteiger partial charge >= 0.3 is 0 Å². The van der Waals surface area contributed by atoms with Gasteiger partial charge in [0.15, 0.2) is 0 Å². The van der Waals surface area contributed by atoms with E-state index in [2.05, 4.69) is 0 Å². The van der Waals surface area contributed by atoms with Crippen LogP contribution in [-0.4, -0.2) is 55.9 Å². The maximum absolute atomic E-state index is 12.2. The van der Waals surface area contributed by atoms with Gasteiger partial charge in [0.2, 0.25) is 0 Å². The van der Waals surface area contributed by atoms with E-state index in [1.165, 1.54) is 0 Å². The van der Waals surface area contributed by atoms with Crippen LogP contribution in [0.4, 0.5) is 0 Å². The van der Waals surface area contributed by atoms with E-state index in [1.807, 2.05) is 4.90 Å². The van der Waals surface area contributed by atoms with Crippen LogP contribution >= 0.6 is 0 Å². The minimum Gasteiger partial charge on any atom is -0.377 e. The van der Waals surface area contributed by atoms with Crippen molar-refractivity contribution in [3.8, 4) is 0 Å². The summed E-state index contributed by atoms with van der Waals surface area (Å²) in [5.41, 5.74) is 5.65. The predicted octanol–water partition coefficient (Wildman–Crippen LogP) is -0.258. The van der Waals surface area contributed by atoms with E-state index in [9.17, 15) is 4.79 Å². The van der Waals surface area contributed by atoms with Gasteiger partial charge in [-0.05, 0) is 19.3 Å². The van der Waals surface area contributed by atoms with Crippen molar-refractivity contribution >= 4 is 5.91 Å². The Morgan fingerprint density at radius 1 is 1.38 bits per heavy atom. The summed E-state index contributed by atoms with van der Waals surface area (Å²) >= 11 is 0. The van der Waals surface area contributed by atoms with E-state index < -0.39 is 0 Å². The average Bonchev–Trinajstić information content (AvgIpc) is 2.39. The number of morpholine rings is 1. The second-order valence-electron chi connectivity index (χ2n) is 4.35. The summed E-state index contributed by atoms with van der Waals surface area (Å²) < 4.78 is 10.8. The molecule has 16 heavy (non-hydrogen) atoms. The van der Waals surface area contributed by atoms with Gasteiger partial charge in [-0.2, -0.15) is 0 Å². The van der Waals surface area contributed by atoms with Gasteiger partial charge in [-0.1, -0.05) is 0 Å². The number of nitrogens with two attached hydrogens (primary N) is 1. The third kappa shape index (κ3) is 2.53. The first kappa shape index (κ1) is 11.8. The minimum atomic E-state index is -0.249. The zero-order valence-corrected chi connectivity index (χ0v) is 9.56. The van der Waals surface area contributed by atoms with Crippen molar-refractivity contribution in [1.29, 1.82) is 0 Å². The summed E-state index contributed by atoms with van der Waals surface area (Å²) in [6, 6.07) is 0.0202. The molecule has 2 saturated heterocycles. The number of carbonyl (C=O) groups excluding carboxylic acids is 1. The van der Waals surface area contributed by atoms with Crippen molar-refractivity contribution in [1.82, 2.24) is 4.90 Å². The third-order valence-corrected chi connectivity index (χ3v) is 3.24. The zero-order chi connectivity index (χ0) is 11.4. The van der Waals surface area contributed by atoms with E-state index in [0.29, 0.717) is 32.9 Å². The Bertz CT molecular complexity index is 241. The zero-order valence-electron chi connectivity index (χ0n) is 9.56. The van der Waals surface area contributed by atoms with Crippen molar-refractivity contribution in [3.05, 3.63) is 0 Å². The SMILES string of the molecule is NCC1COCCN1C(=O)C1CCCCO1. The van der Waals surface area contributed by atoms with Crippen LogP contribution in [0.15, 0.2) is 0 Å². The number of amides is 1. The fourth-order valence-electron chi connectivity index (χ4n) is 2.26. The van der Waals surface area contributed by atoms with E-state index in [1.54, 1.807) is 0 Å². The molecule has 5 heteroatoms. The summed E-state index contributed by atoms with van der Waals surface area (Å²) in [5.74, 6) is 0.0958. The Morgan fingerprint density at radius 3 is 2.94 bits per heavy atom. The number of rotatable bonds is 2. The fraction of sp³-hybridized carbons (Fsp3) is 0.909. The molecule has 2 heterocycles. The van der Waals surface area contributed by atoms with Gasteiger partial charge in [-0.15, -0.1) is 0 Å². The molecule has 0 aromatic carbocycles. The lowest BCUT2D eigenvalue weighted by atomic mass is 10.1. The molecule has 0 radical (unpaired) electrons. The quantitative estimate of drug-likeness (QED) is 0.707. The molecule has 2 aliphatic heterocycles. The molecule has 0 spiro atoms. The van der Waals surface area contributed by atoms with E-state index in [4.69, 9.17) is 15.2 Å². The number of nitrogens with zero attached hydrogens (tertiary/aromatic N) is 1. The molecule has 2 atom stereocenters. The highest BCUT2D eigenvalue weighted by Crippen LogP contribution is 2.17. The number of hydrogen-bond donors (Lipinski definition) is 1. The molecular formula is C11H20N2O3. The van der Waals surface area contributed by atoms with E-state index in [-0.39, 0.29) is 18.1 Å². The third-order valence-electron chi connectivity index (χ3n) is 3.24. The highest BCUT2D eigenvalue weighted by molar-refractivity contribution is 5.81. The lowest BCUT2D eigenvalue weighted by Gasteiger charge is -2.37. The molecule has 5 nitrogen and oxygen atoms in total. The molecule has 2 aliphatic rings. The van der Waals surface area contributed by atoms with Crippen LogP contribution in [0.3, 0.4) is 0 Å². The van der Waals surface area contributed by atoms with Gasteiger partial charge < -0.3 is 20.1 Å². The first-order valence-electron chi connectivity index (χ1n) is 6.03. The smallest absolute Gasteiger partial charge is 0.252 e. The second kappa shape index (κ2) is 5.61. The standard InChI is InChI=1S/C11H20N2O3/c12-7-9-8-15-6-4-13(9)11(14)10-3-1-2-5-16-10/h9-10H,1-8,12H2. The molecule has 2 rings (SSSR count). The van der Waals surface area contributed by atoms with Crippen molar-refractivity contribution in [2.45, 2.75) is 31.4 Å². The van der Waals surface area contributed by atoms with E-state index >= 15 is 0 Å². The van der Waals surface area contributed by atoms with Crippen LogP contribution in [0, 0.1) is 0 Å². The number of ether oxygens (including phenoxy) is 2. The van der Waals surface area contributed by atoms with Gasteiger partial charge in [0.25, 0.3) is 5.91 Å². The molecule has 0 aromatic heterocycles. The van der Waals surface area contributed by atoms with Crippen LogP contribution in [-0.2, 0) is 14.3 Å². The maximum Gasteiger partial charge on any atom is 0.252 e. The predicted molar refractivity (Wildman–Crippen MR) is 59.0 cm³/mol. The van der Waals surface area contributed by atoms with Crippen LogP contribution < -0.4 is 5.73 Å². The Balaban J connectivity index is 1.95. The Kier molecular flexibility index (Phi) is 4.15. The monoisotopic (exact) mass is 228 g/mol. The molecule has 92 valence electrons. The fourth-order valence-corrected chi connectivity index (χ4v) is 2.26. The molecule has 0 bridgehead atoms. The number of carbonyl (C=O) groups is 1. The van der Waals surface area contributed by atoms with E-state index in [0.717, 1.165) is 19.3 Å². The molecule has 0 aromatic rings. The van der Waals surface area contributed by atoms with Gasteiger partial charge in [0.1, 0.15) is 6.10 Å². The highest BCUT2D eigenvalue weighted by atomic mass is 16.5. The summed E-state index contributed by atoms with van der Waals surface area (Å²) in [6.07, 6.45) is 2.73. The van der Waals surface area contributed by atoms with Gasteiger partial charge in [-0.25, -0.2) is 0 Å². The van der Waals surface area contributed by atoms with Crippen molar-refractivity contribution in [3.63, 3.8) is 0 Å². The van der Waals surface area contributed by atoms with Crippen molar-refractivity contribution in [2.24, 2.45) is 5.73 Å². The molecule has 0 saturated carbocycles. The normalized spacial score (nSPS) is 31.4. The topological polar surface area (TPSA) is 64.8 Å². The van der Waals surface area contributed by atoms with Crippen LogP contribution in [0.5, 0.6) is 0 Å². The largest absolute Gasteiger partial charge is 0.377 e. The Hall–Kier alpha value is -0.650. The molecule has 0 aliphatic carbocycles. The highest BCUT2D eigenvalue weighted by Gasteiger charge is 2.32. The van der Waals surface area contributed by atoms with Crippen molar-refractivity contribution in [2.75, 3.05) is 32.9 Å². The Morgan fingerprint density at radius 2 is 2.25 bits per heavy atom. The van der Waals surface area contributed by atoms with Crippen molar-refractivity contribution < 1.29 is 14.3 Å². The summed E-state index contributed by atoms with van der Waals surface area (Å²) in [5, 5.41) is 0. The maximum atomic E-state index is 12.2. The first-order chi connectivity index (χ1) is 7.83. The number of hydrogen-bond acceptors (Lipinski definition) is 4. The summed E-state index contributed by atoms with van der Waals surface area (Å²) in [6.45, 7) is 2.96. The van der Waals surface area contributed by atoms with Gasteiger partial charge in [-0.3, -0.25) is 4.79 Å². The Labute approximate surface area is 95.9 Å². The molecule has 2 fully saturated rings. The minimum absolute atomic E-state index is 0.0202.